The molecule has 0 N–H and O–H groups in total. The summed E-state index contributed by atoms with van der Waals surface area (Å²) in [5.41, 5.74) is -0.491. The molecule has 4 nitrogen and oxygen atoms in total. The van der Waals surface area contributed by atoms with Gasteiger partial charge >= 0.3 is 0 Å². The van der Waals surface area contributed by atoms with E-state index in [0.29, 0.717) is 26.4 Å². The highest BCUT2D eigenvalue weighted by Gasteiger charge is 2.32. The van der Waals surface area contributed by atoms with Crippen LogP contribution in [0.3, 0.4) is 0 Å². The van der Waals surface area contributed by atoms with Crippen LogP contribution < -0.4 is 0 Å². The summed E-state index contributed by atoms with van der Waals surface area (Å²) >= 11 is 0. The maximum absolute atomic E-state index is 5.70. The molecule has 21 heavy (non-hydrogen) atoms. The first-order valence-electron chi connectivity index (χ1n) is 6.75. The minimum Gasteiger partial charge on any atom is -0.378 e. The van der Waals surface area contributed by atoms with E-state index in [9.17, 15) is 0 Å². The van der Waals surface area contributed by atoms with Crippen LogP contribution in [-0.4, -0.2) is 52.4 Å². The summed E-state index contributed by atoms with van der Waals surface area (Å²) in [5, 5.41) is 0. The van der Waals surface area contributed by atoms with Crippen LogP contribution in [0.4, 0.5) is 0 Å². The zero-order chi connectivity index (χ0) is 16.0. The summed E-state index contributed by atoms with van der Waals surface area (Å²) in [4.78, 5) is 0. The van der Waals surface area contributed by atoms with Gasteiger partial charge in [-0.05, 0) is 13.8 Å². The molecule has 0 radical (unpaired) electrons. The largest absolute Gasteiger partial charge is 0.378 e. The molecule has 0 heterocycles. The topological polar surface area (TPSA) is 36.9 Å². The molecule has 0 aromatic heterocycles. The molecule has 0 bridgehead atoms. The van der Waals surface area contributed by atoms with Gasteiger partial charge < -0.3 is 18.9 Å². The van der Waals surface area contributed by atoms with Gasteiger partial charge in [-0.25, -0.2) is 0 Å². The van der Waals surface area contributed by atoms with Crippen LogP contribution in [0.5, 0.6) is 0 Å². The van der Waals surface area contributed by atoms with Crippen molar-refractivity contribution in [3.05, 3.63) is 0 Å². The zero-order valence-electron chi connectivity index (χ0n) is 12.9. The summed E-state index contributed by atoms with van der Waals surface area (Å²) in [6.07, 6.45) is 15.7. The molecular formula is C17H24O4. The third kappa shape index (κ3) is 9.97. The lowest BCUT2D eigenvalue weighted by Crippen LogP contribution is -2.42. The Bertz CT molecular complexity index is 331. The lowest BCUT2D eigenvalue weighted by Gasteiger charge is -2.33. The number of ether oxygens (including phenoxy) is 4. The standard InChI is InChI=1S/C17H24O4/c1-6-9-18-12-17(13-19-10-7-2,14-20-11-8-3)15-21-16(4)5/h1-3,16H,9-15H2,4-5H3. The SMILES string of the molecule is C#CCOCC(COCC#C)(COCC#C)COC(C)C. The predicted molar refractivity (Wildman–Crippen MR) is 82.5 cm³/mol. The van der Waals surface area contributed by atoms with Crippen LogP contribution in [0.15, 0.2) is 0 Å². The quantitative estimate of drug-likeness (QED) is 0.402. The first-order chi connectivity index (χ1) is 10.1. The average molecular weight is 292 g/mol. The van der Waals surface area contributed by atoms with E-state index >= 15 is 0 Å². The van der Waals surface area contributed by atoms with E-state index in [1.807, 2.05) is 13.8 Å². The van der Waals surface area contributed by atoms with Crippen LogP contribution in [0.2, 0.25) is 0 Å². The fraction of sp³-hybridized carbons (Fsp3) is 0.647. The fourth-order valence-electron chi connectivity index (χ4n) is 1.57. The van der Waals surface area contributed by atoms with Crippen molar-refractivity contribution in [2.45, 2.75) is 20.0 Å². The summed E-state index contributed by atoms with van der Waals surface area (Å²) in [5.74, 6) is 7.29. The molecule has 4 heteroatoms. The Morgan fingerprint density at radius 1 is 0.762 bits per heavy atom. The number of hydrogen-bond acceptors (Lipinski definition) is 4. The van der Waals surface area contributed by atoms with Crippen molar-refractivity contribution in [3.63, 3.8) is 0 Å². The zero-order valence-corrected chi connectivity index (χ0v) is 12.9. The first-order valence-corrected chi connectivity index (χ1v) is 6.75. The van der Waals surface area contributed by atoms with Crippen molar-refractivity contribution in [2.75, 3.05) is 46.2 Å². The Hall–Kier alpha value is -1.48. The Labute approximate surface area is 128 Å². The van der Waals surface area contributed by atoms with Gasteiger partial charge in [0.05, 0.1) is 37.9 Å². The summed E-state index contributed by atoms with van der Waals surface area (Å²) < 4.78 is 22.1. The van der Waals surface area contributed by atoms with E-state index in [0.717, 1.165) is 0 Å². The molecular weight excluding hydrogens is 268 g/mol. The van der Waals surface area contributed by atoms with Gasteiger partial charge in [-0.1, -0.05) is 17.8 Å². The highest BCUT2D eigenvalue weighted by atomic mass is 16.5. The van der Waals surface area contributed by atoms with Crippen molar-refractivity contribution >= 4 is 0 Å². The molecule has 0 aromatic rings. The van der Waals surface area contributed by atoms with Gasteiger partial charge in [0.25, 0.3) is 0 Å². The number of hydrogen-bond donors (Lipinski definition) is 0. The van der Waals surface area contributed by atoms with E-state index < -0.39 is 5.41 Å². The first kappa shape index (κ1) is 19.5. The molecule has 116 valence electrons. The molecule has 0 amide bonds. The molecule has 0 aliphatic carbocycles. The van der Waals surface area contributed by atoms with Crippen molar-refractivity contribution in [3.8, 4) is 37.0 Å². The minimum absolute atomic E-state index is 0.0808. The molecule has 0 saturated heterocycles. The molecule has 0 unspecified atom stereocenters. The van der Waals surface area contributed by atoms with Gasteiger partial charge in [0.2, 0.25) is 0 Å². The third-order valence-corrected chi connectivity index (χ3v) is 2.50. The molecule has 0 fully saturated rings. The van der Waals surface area contributed by atoms with Crippen LogP contribution in [0.1, 0.15) is 13.8 Å². The van der Waals surface area contributed by atoms with Crippen LogP contribution in [0, 0.1) is 42.4 Å². The van der Waals surface area contributed by atoms with E-state index in [1.165, 1.54) is 0 Å². The second-order valence-electron chi connectivity index (χ2n) is 4.95. The molecule has 0 aromatic carbocycles. The van der Waals surface area contributed by atoms with Crippen molar-refractivity contribution < 1.29 is 18.9 Å². The molecule has 0 saturated carbocycles. The Morgan fingerprint density at radius 2 is 1.14 bits per heavy atom. The van der Waals surface area contributed by atoms with Crippen LogP contribution >= 0.6 is 0 Å². The van der Waals surface area contributed by atoms with Crippen LogP contribution in [0.25, 0.3) is 0 Å². The monoisotopic (exact) mass is 292 g/mol. The van der Waals surface area contributed by atoms with Crippen molar-refractivity contribution in [1.82, 2.24) is 0 Å². The number of terminal acetylenes is 3. The highest BCUT2D eigenvalue weighted by Crippen LogP contribution is 2.21. The van der Waals surface area contributed by atoms with Crippen molar-refractivity contribution in [1.29, 1.82) is 0 Å². The molecule has 0 atom stereocenters. The van der Waals surface area contributed by atoms with E-state index in [2.05, 4.69) is 17.8 Å². The fourth-order valence-corrected chi connectivity index (χ4v) is 1.57. The van der Waals surface area contributed by atoms with Crippen LogP contribution in [-0.2, 0) is 18.9 Å². The minimum atomic E-state index is -0.491. The van der Waals surface area contributed by atoms with E-state index in [1.54, 1.807) is 0 Å². The highest BCUT2D eigenvalue weighted by molar-refractivity contribution is 4.88. The Morgan fingerprint density at radius 3 is 1.43 bits per heavy atom. The Kier molecular flexibility index (Phi) is 11.4. The lowest BCUT2D eigenvalue weighted by atomic mass is 9.92. The molecule has 0 aliphatic heterocycles. The summed E-state index contributed by atoms with van der Waals surface area (Å²) in [7, 11) is 0. The molecule has 0 spiro atoms. The molecule has 0 aliphatic rings. The summed E-state index contributed by atoms with van der Waals surface area (Å²) in [6.45, 7) is 6.01. The second-order valence-corrected chi connectivity index (χ2v) is 4.95. The van der Waals surface area contributed by atoms with Gasteiger partial charge in [0, 0.05) is 0 Å². The van der Waals surface area contributed by atoms with Crippen molar-refractivity contribution in [2.24, 2.45) is 5.41 Å². The average Bonchev–Trinajstić information content (AvgIpc) is 2.46. The number of rotatable bonds is 12. The van der Waals surface area contributed by atoms with Gasteiger partial charge in [0.1, 0.15) is 19.8 Å². The third-order valence-electron chi connectivity index (χ3n) is 2.50. The Balaban J connectivity index is 4.74. The van der Waals surface area contributed by atoms with Gasteiger partial charge in [0.15, 0.2) is 0 Å². The lowest BCUT2D eigenvalue weighted by molar-refractivity contribution is -0.106. The normalized spacial score (nSPS) is 10.9. The van der Waals surface area contributed by atoms with Gasteiger partial charge in [-0.2, -0.15) is 0 Å². The maximum atomic E-state index is 5.70. The predicted octanol–water partition coefficient (Wildman–Crippen LogP) is 1.35. The summed E-state index contributed by atoms with van der Waals surface area (Å²) in [6, 6.07) is 0. The molecule has 0 rings (SSSR count). The van der Waals surface area contributed by atoms with E-state index in [4.69, 9.17) is 38.2 Å². The maximum Gasteiger partial charge on any atom is 0.107 e. The smallest absolute Gasteiger partial charge is 0.107 e. The van der Waals surface area contributed by atoms with Gasteiger partial charge in [-0.15, -0.1) is 19.3 Å². The second kappa shape index (κ2) is 12.3. The van der Waals surface area contributed by atoms with E-state index in [-0.39, 0.29) is 25.9 Å². The van der Waals surface area contributed by atoms with Gasteiger partial charge in [-0.3, -0.25) is 0 Å².